The van der Waals surface area contributed by atoms with Gasteiger partial charge in [0.2, 0.25) is 5.91 Å². The summed E-state index contributed by atoms with van der Waals surface area (Å²) in [7, 11) is 0. The van der Waals surface area contributed by atoms with Crippen LogP contribution in [0.3, 0.4) is 0 Å². The SMILES string of the molecule is Cc1ccnc(NC(=O)CCn2ccc(=O)[nH]c2=O)c1. The molecule has 2 aromatic heterocycles. The first kappa shape index (κ1) is 13.7. The van der Waals surface area contributed by atoms with Gasteiger partial charge in [0.1, 0.15) is 5.82 Å². The van der Waals surface area contributed by atoms with E-state index >= 15 is 0 Å². The van der Waals surface area contributed by atoms with Gasteiger partial charge in [-0.3, -0.25) is 14.6 Å². The zero-order chi connectivity index (χ0) is 14.5. The molecule has 0 saturated heterocycles. The first-order valence-corrected chi connectivity index (χ1v) is 6.07. The molecule has 0 saturated carbocycles. The third-order valence-corrected chi connectivity index (χ3v) is 2.66. The topological polar surface area (TPSA) is 96.8 Å². The molecule has 20 heavy (non-hydrogen) atoms. The highest BCUT2D eigenvalue weighted by molar-refractivity contribution is 5.89. The highest BCUT2D eigenvalue weighted by Gasteiger charge is 2.05. The van der Waals surface area contributed by atoms with Gasteiger partial charge < -0.3 is 9.88 Å². The van der Waals surface area contributed by atoms with Crippen molar-refractivity contribution in [2.24, 2.45) is 0 Å². The highest BCUT2D eigenvalue weighted by Crippen LogP contribution is 2.05. The van der Waals surface area contributed by atoms with Gasteiger partial charge in [0.25, 0.3) is 5.56 Å². The largest absolute Gasteiger partial charge is 0.328 e. The van der Waals surface area contributed by atoms with Crippen molar-refractivity contribution in [2.45, 2.75) is 19.9 Å². The summed E-state index contributed by atoms with van der Waals surface area (Å²) in [4.78, 5) is 40.2. The molecule has 7 heteroatoms. The molecule has 1 amide bonds. The third-order valence-electron chi connectivity index (χ3n) is 2.66. The minimum atomic E-state index is -0.529. The lowest BCUT2D eigenvalue weighted by Crippen LogP contribution is -2.29. The maximum Gasteiger partial charge on any atom is 0.328 e. The van der Waals surface area contributed by atoms with Gasteiger partial charge in [-0.1, -0.05) is 0 Å². The second-order valence-electron chi connectivity index (χ2n) is 4.32. The number of carbonyl (C=O) groups excluding carboxylic acids is 1. The molecule has 0 unspecified atom stereocenters. The van der Waals surface area contributed by atoms with E-state index in [0.717, 1.165) is 5.56 Å². The molecule has 0 radical (unpaired) electrons. The van der Waals surface area contributed by atoms with Gasteiger partial charge in [0.05, 0.1) is 0 Å². The van der Waals surface area contributed by atoms with Crippen LogP contribution in [-0.2, 0) is 11.3 Å². The summed E-state index contributed by atoms with van der Waals surface area (Å²) in [5.74, 6) is 0.227. The zero-order valence-corrected chi connectivity index (χ0v) is 10.9. The van der Waals surface area contributed by atoms with Gasteiger partial charge in [-0.05, 0) is 24.6 Å². The maximum atomic E-state index is 11.7. The number of aromatic nitrogens is 3. The van der Waals surface area contributed by atoms with Crippen LogP contribution >= 0.6 is 0 Å². The van der Waals surface area contributed by atoms with Crippen LogP contribution in [0.4, 0.5) is 5.82 Å². The van der Waals surface area contributed by atoms with E-state index in [9.17, 15) is 14.4 Å². The number of aryl methyl sites for hydroxylation is 2. The van der Waals surface area contributed by atoms with Crippen molar-refractivity contribution in [3.8, 4) is 0 Å². The van der Waals surface area contributed by atoms with Crippen LogP contribution in [0.15, 0.2) is 40.2 Å². The van der Waals surface area contributed by atoms with Crippen LogP contribution in [0, 0.1) is 6.92 Å². The molecule has 0 atom stereocenters. The molecule has 7 nitrogen and oxygen atoms in total. The molecule has 0 aliphatic carbocycles. The van der Waals surface area contributed by atoms with E-state index in [0.29, 0.717) is 5.82 Å². The lowest BCUT2D eigenvalue weighted by atomic mass is 10.3. The average molecular weight is 274 g/mol. The van der Waals surface area contributed by atoms with Gasteiger partial charge in [0, 0.05) is 31.4 Å². The monoisotopic (exact) mass is 274 g/mol. The molecule has 0 fully saturated rings. The Morgan fingerprint density at radius 2 is 2.20 bits per heavy atom. The summed E-state index contributed by atoms with van der Waals surface area (Å²) in [5.41, 5.74) is 0.00537. The van der Waals surface area contributed by atoms with E-state index in [1.807, 2.05) is 13.0 Å². The molecular weight excluding hydrogens is 260 g/mol. The number of nitrogens with zero attached hydrogens (tertiary/aromatic N) is 2. The highest BCUT2D eigenvalue weighted by atomic mass is 16.2. The quantitative estimate of drug-likeness (QED) is 0.836. The first-order valence-electron chi connectivity index (χ1n) is 6.07. The van der Waals surface area contributed by atoms with Crippen LogP contribution in [0.1, 0.15) is 12.0 Å². The number of pyridine rings is 1. The van der Waals surface area contributed by atoms with Gasteiger partial charge in [-0.2, -0.15) is 0 Å². The fourth-order valence-electron chi connectivity index (χ4n) is 1.65. The Hall–Kier alpha value is -2.70. The molecule has 0 aromatic carbocycles. The smallest absolute Gasteiger partial charge is 0.311 e. The van der Waals surface area contributed by atoms with E-state index in [-0.39, 0.29) is 18.9 Å². The lowest BCUT2D eigenvalue weighted by Gasteiger charge is -2.06. The summed E-state index contributed by atoms with van der Waals surface area (Å²) in [6, 6.07) is 4.82. The minimum Gasteiger partial charge on any atom is -0.311 e. The summed E-state index contributed by atoms with van der Waals surface area (Å²) in [6.07, 6.45) is 3.08. The number of anilines is 1. The van der Waals surface area contributed by atoms with Crippen LogP contribution in [-0.4, -0.2) is 20.4 Å². The van der Waals surface area contributed by atoms with Crippen molar-refractivity contribution in [3.63, 3.8) is 0 Å². The van der Waals surface area contributed by atoms with Crippen molar-refractivity contribution >= 4 is 11.7 Å². The molecular formula is C13H14N4O3. The molecule has 2 N–H and O–H groups in total. The van der Waals surface area contributed by atoms with Crippen molar-refractivity contribution in [1.29, 1.82) is 0 Å². The average Bonchev–Trinajstić information content (AvgIpc) is 2.37. The van der Waals surface area contributed by atoms with Crippen LogP contribution < -0.4 is 16.6 Å². The molecule has 2 rings (SSSR count). The van der Waals surface area contributed by atoms with Crippen molar-refractivity contribution in [3.05, 3.63) is 57.0 Å². The minimum absolute atomic E-state index is 0.113. The number of hydrogen-bond acceptors (Lipinski definition) is 4. The summed E-state index contributed by atoms with van der Waals surface area (Å²) >= 11 is 0. The Balaban J connectivity index is 1.95. The van der Waals surface area contributed by atoms with Gasteiger partial charge in [-0.25, -0.2) is 9.78 Å². The van der Waals surface area contributed by atoms with Crippen molar-refractivity contribution in [1.82, 2.24) is 14.5 Å². The number of rotatable bonds is 4. The standard InChI is InChI=1S/C13H14N4O3/c1-9-2-5-14-10(8-9)15-11(18)3-6-17-7-4-12(19)16-13(17)20/h2,4-5,7-8H,3,6H2,1H3,(H,14,15,18)(H,16,19,20). The predicted molar refractivity (Wildman–Crippen MR) is 73.5 cm³/mol. The lowest BCUT2D eigenvalue weighted by molar-refractivity contribution is -0.116. The van der Waals surface area contributed by atoms with Crippen molar-refractivity contribution < 1.29 is 4.79 Å². The van der Waals surface area contributed by atoms with Gasteiger partial charge >= 0.3 is 5.69 Å². The van der Waals surface area contributed by atoms with E-state index in [4.69, 9.17) is 0 Å². The number of nitrogens with one attached hydrogen (secondary N) is 2. The Morgan fingerprint density at radius 3 is 2.90 bits per heavy atom. The fraction of sp³-hybridized carbons (Fsp3) is 0.231. The Kier molecular flexibility index (Phi) is 4.09. The summed E-state index contributed by atoms with van der Waals surface area (Å²) in [6.45, 7) is 2.09. The normalized spacial score (nSPS) is 10.2. The Morgan fingerprint density at radius 1 is 1.40 bits per heavy atom. The summed E-state index contributed by atoms with van der Waals surface area (Å²) < 4.78 is 1.27. The molecule has 0 bridgehead atoms. The van der Waals surface area contributed by atoms with Gasteiger partial charge in [0.15, 0.2) is 0 Å². The number of hydrogen-bond donors (Lipinski definition) is 2. The van der Waals surface area contributed by atoms with E-state index in [1.165, 1.54) is 16.8 Å². The zero-order valence-electron chi connectivity index (χ0n) is 10.9. The second-order valence-corrected chi connectivity index (χ2v) is 4.32. The third kappa shape index (κ3) is 3.64. The first-order chi connectivity index (χ1) is 9.54. The Bertz CT molecular complexity index is 733. The molecule has 2 aromatic rings. The number of aromatic amines is 1. The maximum absolute atomic E-state index is 11.7. The molecule has 0 aliphatic rings. The molecule has 0 spiro atoms. The van der Waals surface area contributed by atoms with Gasteiger partial charge in [-0.15, -0.1) is 0 Å². The molecule has 0 aliphatic heterocycles. The number of carbonyl (C=O) groups is 1. The Labute approximate surface area is 114 Å². The van der Waals surface area contributed by atoms with Crippen LogP contribution in [0.5, 0.6) is 0 Å². The van der Waals surface area contributed by atoms with Crippen molar-refractivity contribution in [2.75, 3.05) is 5.32 Å². The fourth-order valence-corrected chi connectivity index (χ4v) is 1.65. The molecule has 104 valence electrons. The second kappa shape index (κ2) is 5.96. The molecule has 2 heterocycles. The van der Waals surface area contributed by atoms with Crippen LogP contribution in [0.25, 0.3) is 0 Å². The van der Waals surface area contributed by atoms with E-state index < -0.39 is 11.2 Å². The predicted octanol–water partition coefficient (Wildman–Crippen LogP) is 0.269. The number of H-pyrrole nitrogens is 1. The van der Waals surface area contributed by atoms with Crippen LogP contribution in [0.2, 0.25) is 0 Å². The van der Waals surface area contributed by atoms with E-state index in [2.05, 4.69) is 15.3 Å². The summed E-state index contributed by atoms with van der Waals surface area (Å²) in [5, 5.41) is 2.65. The number of amides is 1. The van der Waals surface area contributed by atoms with E-state index in [1.54, 1.807) is 12.3 Å².